The quantitative estimate of drug-likeness (QED) is 0.159. The molecular weight excluding hydrogens is 701 g/mol. The highest BCUT2D eigenvalue weighted by atomic mass is 14.9. The highest BCUT2D eigenvalue weighted by Crippen LogP contribution is 2.46. The minimum atomic E-state index is 1.21. The number of hydrogen-bond acceptors (Lipinski definition) is 0. The molecule has 0 saturated heterocycles. The van der Waals surface area contributed by atoms with E-state index >= 15 is 0 Å². The molecule has 2 nitrogen and oxygen atoms in total. The van der Waals surface area contributed by atoms with Crippen LogP contribution in [0.3, 0.4) is 0 Å². The van der Waals surface area contributed by atoms with Crippen LogP contribution in [0.4, 0.5) is 0 Å². The van der Waals surface area contributed by atoms with Crippen molar-refractivity contribution in [1.82, 2.24) is 9.13 Å². The Hall–Kier alpha value is -7.42. The van der Waals surface area contributed by atoms with E-state index in [1.54, 1.807) is 0 Å². The summed E-state index contributed by atoms with van der Waals surface area (Å²) in [5, 5.41) is 12.6. The number of aromatic nitrogens is 2. The van der Waals surface area contributed by atoms with E-state index in [1.165, 1.54) is 120 Å². The fraction of sp³-hybridized carbons (Fsp3) is 0.0357. The molecule has 10 aromatic carbocycles. The monoisotopic (exact) mass is 738 g/mol. The van der Waals surface area contributed by atoms with Crippen LogP contribution < -0.4 is 0 Å². The van der Waals surface area contributed by atoms with Gasteiger partial charge in [0.1, 0.15) is 0 Å². The van der Waals surface area contributed by atoms with Gasteiger partial charge in [-0.25, -0.2) is 0 Å². The third kappa shape index (κ3) is 4.79. The Morgan fingerprint density at radius 3 is 1.33 bits per heavy atom. The second kappa shape index (κ2) is 12.5. The van der Waals surface area contributed by atoms with Gasteiger partial charge >= 0.3 is 0 Å². The number of benzene rings is 10. The van der Waals surface area contributed by atoms with Crippen molar-refractivity contribution < 1.29 is 0 Å². The lowest BCUT2D eigenvalue weighted by molar-refractivity contribution is 1.01. The maximum Gasteiger partial charge on any atom is 0.0494 e. The summed E-state index contributed by atoms with van der Waals surface area (Å²) in [7, 11) is 4.37. The number of rotatable bonds is 4. The first-order valence-corrected chi connectivity index (χ1v) is 20.1. The van der Waals surface area contributed by atoms with E-state index < -0.39 is 0 Å². The van der Waals surface area contributed by atoms with Crippen LogP contribution in [-0.4, -0.2) is 9.13 Å². The second-order valence-electron chi connectivity index (χ2n) is 15.8. The van der Waals surface area contributed by atoms with Gasteiger partial charge in [-0.2, -0.15) is 0 Å². The predicted octanol–water partition coefficient (Wildman–Crippen LogP) is 15.1. The smallest absolute Gasteiger partial charge is 0.0494 e. The van der Waals surface area contributed by atoms with Crippen molar-refractivity contribution >= 4 is 75.9 Å². The molecule has 0 atom stereocenters. The Balaban J connectivity index is 1.18. The minimum absolute atomic E-state index is 1.21. The van der Waals surface area contributed by atoms with Crippen molar-refractivity contribution in [1.29, 1.82) is 0 Å². The highest BCUT2D eigenvalue weighted by Gasteiger charge is 2.19. The molecule has 0 N–H and O–H groups in total. The van der Waals surface area contributed by atoms with Crippen molar-refractivity contribution in [2.24, 2.45) is 14.1 Å². The van der Waals surface area contributed by atoms with Gasteiger partial charge in [0, 0.05) is 57.7 Å². The van der Waals surface area contributed by atoms with Crippen LogP contribution in [0, 0.1) is 0 Å². The van der Waals surface area contributed by atoms with Crippen LogP contribution >= 0.6 is 0 Å². The average Bonchev–Trinajstić information content (AvgIpc) is 3.74. The fourth-order valence-corrected chi connectivity index (χ4v) is 9.95. The first kappa shape index (κ1) is 32.8. The summed E-state index contributed by atoms with van der Waals surface area (Å²) in [6, 6.07) is 72.2. The van der Waals surface area contributed by atoms with Crippen molar-refractivity contribution in [2.45, 2.75) is 0 Å². The SMILES string of the molecule is Cn1c2ccccc2c2ccc(-c3cccc4c(-c5cc(-c6ccccc6)c6ccccc6c5)c5cccc(-c6ccc7c8ccccc8n(C)c7c6)c5cc34)cc21. The van der Waals surface area contributed by atoms with Gasteiger partial charge in [0.25, 0.3) is 0 Å². The van der Waals surface area contributed by atoms with Gasteiger partial charge in [-0.15, -0.1) is 0 Å². The molecule has 0 aliphatic rings. The first-order chi connectivity index (χ1) is 28.6. The average molecular weight is 739 g/mol. The number of para-hydroxylation sites is 2. The molecule has 0 spiro atoms. The van der Waals surface area contributed by atoms with E-state index in [0.717, 1.165) is 0 Å². The molecule has 0 saturated carbocycles. The molecule has 0 bridgehead atoms. The third-order valence-corrected chi connectivity index (χ3v) is 12.7. The summed E-state index contributed by atoms with van der Waals surface area (Å²) < 4.78 is 4.67. The van der Waals surface area contributed by atoms with Crippen LogP contribution in [0.5, 0.6) is 0 Å². The molecule has 2 aromatic heterocycles. The first-order valence-electron chi connectivity index (χ1n) is 20.1. The number of hydrogen-bond donors (Lipinski definition) is 0. The molecule has 0 unspecified atom stereocenters. The van der Waals surface area contributed by atoms with Crippen LogP contribution in [0.2, 0.25) is 0 Å². The zero-order valence-corrected chi connectivity index (χ0v) is 32.4. The molecule has 0 aliphatic carbocycles. The predicted molar refractivity (Wildman–Crippen MR) is 249 cm³/mol. The Kier molecular flexibility index (Phi) is 7.09. The van der Waals surface area contributed by atoms with Crippen LogP contribution in [0.1, 0.15) is 0 Å². The topological polar surface area (TPSA) is 9.86 Å². The minimum Gasteiger partial charge on any atom is -0.344 e. The van der Waals surface area contributed by atoms with Gasteiger partial charge in [-0.05, 0) is 119 Å². The van der Waals surface area contributed by atoms with Gasteiger partial charge in [0.15, 0.2) is 0 Å². The standard InChI is InChI=1S/C56H38N2/c1-57-52-24-10-8-18-43(52)45-28-26-37(32-54(45)57)41-20-12-22-47-50(41)34-51-42(38-27-29-46-44-19-9-11-25-53(44)58(2)55(46)33-38)21-13-23-48(51)56(47)39-30-36-16-6-7-17-40(36)49(31-39)35-14-4-3-5-15-35/h3-34H,1-2H3. The molecule has 2 heterocycles. The van der Waals surface area contributed by atoms with Crippen molar-refractivity contribution in [3.63, 3.8) is 0 Å². The Morgan fingerprint density at radius 2 is 0.741 bits per heavy atom. The maximum atomic E-state index is 2.47. The van der Waals surface area contributed by atoms with Gasteiger partial charge < -0.3 is 9.13 Å². The number of nitrogens with zero attached hydrogens (tertiary/aromatic N) is 2. The number of aryl methyl sites for hydroxylation is 2. The molecule has 0 aliphatic heterocycles. The van der Waals surface area contributed by atoms with E-state index in [0.29, 0.717) is 0 Å². The van der Waals surface area contributed by atoms with Gasteiger partial charge in [0.05, 0.1) is 0 Å². The maximum absolute atomic E-state index is 2.47. The lowest BCUT2D eigenvalue weighted by Crippen LogP contribution is -1.93. The van der Waals surface area contributed by atoms with E-state index in [9.17, 15) is 0 Å². The molecule has 2 heteroatoms. The van der Waals surface area contributed by atoms with Gasteiger partial charge in [-0.3, -0.25) is 0 Å². The molecule has 0 fully saturated rings. The second-order valence-corrected chi connectivity index (χ2v) is 15.8. The summed E-state index contributed by atoms with van der Waals surface area (Å²) in [6.45, 7) is 0. The number of fused-ring (bicyclic) bond motifs is 9. The summed E-state index contributed by atoms with van der Waals surface area (Å²) >= 11 is 0. The lowest BCUT2D eigenvalue weighted by atomic mass is 9.84. The normalized spacial score (nSPS) is 12.0. The molecule has 0 amide bonds. The van der Waals surface area contributed by atoms with Gasteiger partial charge in [0.2, 0.25) is 0 Å². The van der Waals surface area contributed by atoms with Gasteiger partial charge in [-0.1, -0.05) is 152 Å². The lowest BCUT2D eigenvalue weighted by Gasteiger charge is -2.19. The van der Waals surface area contributed by atoms with E-state index in [4.69, 9.17) is 0 Å². The van der Waals surface area contributed by atoms with Crippen LogP contribution in [0.25, 0.3) is 120 Å². The Morgan fingerprint density at radius 1 is 0.259 bits per heavy atom. The van der Waals surface area contributed by atoms with E-state index in [2.05, 4.69) is 217 Å². The van der Waals surface area contributed by atoms with Crippen molar-refractivity contribution in [3.8, 4) is 44.5 Å². The van der Waals surface area contributed by atoms with Crippen LogP contribution in [-0.2, 0) is 14.1 Å². The summed E-state index contributed by atoms with van der Waals surface area (Å²) in [5.74, 6) is 0. The Labute approximate surface area is 336 Å². The van der Waals surface area contributed by atoms with Crippen molar-refractivity contribution in [2.75, 3.05) is 0 Å². The molecule has 58 heavy (non-hydrogen) atoms. The summed E-state index contributed by atoms with van der Waals surface area (Å²) in [4.78, 5) is 0. The third-order valence-electron chi connectivity index (χ3n) is 12.7. The molecule has 0 radical (unpaired) electrons. The zero-order valence-electron chi connectivity index (χ0n) is 32.4. The molecule has 272 valence electrons. The van der Waals surface area contributed by atoms with Crippen LogP contribution in [0.15, 0.2) is 194 Å². The molecule has 12 rings (SSSR count). The molecular formula is C56H38N2. The Bertz CT molecular complexity index is 3460. The summed E-state index contributed by atoms with van der Waals surface area (Å²) in [5.41, 5.74) is 14.8. The molecule has 12 aromatic rings. The van der Waals surface area contributed by atoms with Crippen molar-refractivity contribution in [3.05, 3.63) is 194 Å². The zero-order chi connectivity index (χ0) is 38.5. The fourth-order valence-electron chi connectivity index (χ4n) is 9.95. The summed E-state index contributed by atoms with van der Waals surface area (Å²) in [6.07, 6.45) is 0. The highest BCUT2D eigenvalue weighted by molar-refractivity contribution is 6.21. The largest absolute Gasteiger partial charge is 0.344 e. The van der Waals surface area contributed by atoms with E-state index in [1.807, 2.05) is 0 Å². The van der Waals surface area contributed by atoms with E-state index in [-0.39, 0.29) is 0 Å².